The molecule has 0 bridgehead atoms. The summed E-state index contributed by atoms with van der Waals surface area (Å²) in [5, 5.41) is 0. The van der Waals surface area contributed by atoms with Crippen LogP contribution in [-0.4, -0.2) is 16.6 Å². The average molecular weight is 160 g/mol. The van der Waals surface area contributed by atoms with Crippen LogP contribution in [0.15, 0.2) is 0 Å². The van der Waals surface area contributed by atoms with Gasteiger partial charge in [-0.1, -0.05) is 34.6 Å². The van der Waals surface area contributed by atoms with E-state index in [1.54, 1.807) is 0 Å². The maximum Gasteiger partial charge on any atom is 0.146 e. The first-order valence-electron chi connectivity index (χ1n) is 3.92. The fourth-order valence-corrected chi connectivity index (χ4v) is 2.88. The van der Waals surface area contributed by atoms with Crippen molar-refractivity contribution in [3.8, 4) is 0 Å². The summed E-state index contributed by atoms with van der Waals surface area (Å²) in [7, 11) is 0.851. The molecule has 0 radical (unpaired) electrons. The smallest absolute Gasteiger partial charge is 0.146 e. The fraction of sp³-hybridized carbons (Fsp3) is 1.00. The van der Waals surface area contributed by atoms with E-state index < -0.39 is 0 Å². The molecule has 10 heavy (non-hydrogen) atoms. The predicted molar refractivity (Wildman–Crippen MR) is 49.1 cm³/mol. The van der Waals surface area contributed by atoms with Gasteiger partial charge >= 0.3 is 0 Å². The first-order valence-corrected chi connectivity index (χ1v) is 4.74. The van der Waals surface area contributed by atoms with Gasteiger partial charge < -0.3 is 4.43 Å². The summed E-state index contributed by atoms with van der Waals surface area (Å²) in [4.78, 5) is 0. The maximum atomic E-state index is 5.52. The molecule has 0 rings (SSSR count). The molecule has 0 fully saturated rings. The van der Waals surface area contributed by atoms with Gasteiger partial charge in [-0.2, -0.15) is 0 Å². The van der Waals surface area contributed by atoms with Crippen molar-refractivity contribution in [2.75, 3.05) is 0 Å². The number of hydrogen-bond acceptors (Lipinski definition) is 1. The van der Waals surface area contributed by atoms with Crippen LogP contribution in [0.4, 0.5) is 0 Å². The molecule has 0 heterocycles. The molecule has 0 amide bonds. The Kier molecular flexibility index (Phi) is 3.60. The Labute approximate surface area is 67.7 Å². The SMILES string of the molecule is CC(C)[C@@H](O[SiH3])C(C)(C)C. The Balaban J connectivity index is 4.07. The molecule has 62 valence electrons. The quantitative estimate of drug-likeness (QED) is 0.554. The van der Waals surface area contributed by atoms with Crippen LogP contribution in [0.25, 0.3) is 0 Å². The van der Waals surface area contributed by atoms with Crippen molar-refractivity contribution in [2.45, 2.75) is 40.7 Å². The molecule has 0 spiro atoms. The second-order valence-electron chi connectivity index (χ2n) is 4.27. The minimum Gasteiger partial charge on any atom is -0.424 e. The lowest BCUT2D eigenvalue weighted by Crippen LogP contribution is -2.33. The number of rotatable bonds is 2. The Bertz CT molecular complexity index is 93.9. The van der Waals surface area contributed by atoms with Gasteiger partial charge in [0.05, 0.1) is 6.10 Å². The third-order valence-corrected chi connectivity index (χ3v) is 2.22. The van der Waals surface area contributed by atoms with Gasteiger partial charge in [0.25, 0.3) is 0 Å². The van der Waals surface area contributed by atoms with Gasteiger partial charge in [0.15, 0.2) is 0 Å². The van der Waals surface area contributed by atoms with Crippen LogP contribution < -0.4 is 0 Å². The topological polar surface area (TPSA) is 9.23 Å². The summed E-state index contributed by atoms with van der Waals surface area (Å²) in [6, 6.07) is 0. The van der Waals surface area contributed by atoms with Crippen molar-refractivity contribution in [3.63, 3.8) is 0 Å². The molecule has 0 saturated carbocycles. The molecule has 1 atom stereocenters. The normalized spacial score (nSPS) is 16.2. The molecule has 0 unspecified atom stereocenters. The molecular weight excluding hydrogens is 140 g/mol. The first-order chi connectivity index (χ1) is 4.39. The molecule has 0 aromatic heterocycles. The third kappa shape index (κ3) is 2.84. The van der Waals surface area contributed by atoms with Crippen molar-refractivity contribution in [3.05, 3.63) is 0 Å². The Morgan fingerprint density at radius 1 is 1.20 bits per heavy atom. The van der Waals surface area contributed by atoms with Crippen molar-refractivity contribution in [1.29, 1.82) is 0 Å². The van der Waals surface area contributed by atoms with Gasteiger partial charge in [-0.3, -0.25) is 0 Å². The van der Waals surface area contributed by atoms with Crippen LogP contribution in [0.5, 0.6) is 0 Å². The molecule has 2 heteroatoms. The van der Waals surface area contributed by atoms with Gasteiger partial charge in [-0.15, -0.1) is 0 Å². The van der Waals surface area contributed by atoms with E-state index in [4.69, 9.17) is 4.43 Å². The Morgan fingerprint density at radius 2 is 1.60 bits per heavy atom. The van der Waals surface area contributed by atoms with Gasteiger partial charge in [0, 0.05) is 0 Å². The van der Waals surface area contributed by atoms with Gasteiger partial charge in [0.2, 0.25) is 0 Å². The highest BCUT2D eigenvalue weighted by Crippen LogP contribution is 2.26. The standard InChI is InChI=1S/C8H20OSi/c1-6(2)7(9-10)8(3,4)5/h6-7H,1-5,10H3/t7-/m1/s1. The van der Waals surface area contributed by atoms with E-state index in [0.717, 1.165) is 10.5 Å². The van der Waals surface area contributed by atoms with Crippen molar-refractivity contribution in [1.82, 2.24) is 0 Å². The van der Waals surface area contributed by atoms with E-state index in [-0.39, 0.29) is 0 Å². The molecule has 0 aliphatic heterocycles. The first kappa shape index (κ1) is 10.2. The fourth-order valence-electron chi connectivity index (χ4n) is 1.63. The maximum absolute atomic E-state index is 5.52. The molecule has 0 aliphatic carbocycles. The van der Waals surface area contributed by atoms with E-state index >= 15 is 0 Å². The molecule has 0 aromatic carbocycles. The van der Waals surface area contributed by atoms with Gasteiger partial charge in [-0.05, 0) is 11.3 Å². The van der Waals surface area contributed by atoms with Crippen molar-refractivity contribution < 1.29 is 4.43 Å². The van der Waals surface area contributed by atoms with E-state index in [2.05, 4.69) is 34.6 Å². The summed E-state index contributed by atoms with van der Waals surface area (Å²) in [6.45, 7) is 11.1. The summed E-state index contributed by atoms with van der Waals surface area (Å²) < 4.78 is 5.52. The van der Waals surface area contributed by atoms with Gasteiger partial charge in [-0.25, -0.2) is 0 Å². The van der Waals surface area contributed by atoms with Gasteiger partial charge in [0.1, 0.15) is 10.5 Å². The zero-order valence-electron chi connectivity index (χ0n) is 8.06. The molecule has 0 aliphatic rings. The van der Waals surface area contributed by atoms with E-state index in [0.29, 0.717) is 17.4 Å². The summed E-state index contributed by atoms with van der Waals surface area (Å²) in [6.07, 6.45) is 0.430. The third-order valence-electron chi connectivity index (χ3n) is 1.71. The molecule has 0 aromatic rings. The summed E-state index contributed by atoms with van der Waals surface area (Å²) >= 11 is 0. The van der Waals surface area contributed by atoms with Crippen LogP contribution in [-0.2, 0) is 4.43 Å². The highest BCUT2D eigenvalue weighted by Gasteiger charge is 2.26. The van der Waals surface area contributed by atoms with Crippen LogP contribution in [0.2, 0.25) is 0 Å². The van der Waals surface area contributed by atoms with E-state index in [9.17, 15) is 0 Å². The van der Waals surface area contributed by atoms with E-state index in [1.807, 2.05) is 0 Å². The van der Waals surface area contributed by atoms with Crippen LogP contribution >= 0.6 is 0 Å². The minimum absolute atomic E-state index is 0.302. The molecule has 1 nitrogen and oxygen atoms in total. The molecule has 0 saturated heterocycles. The van der Waals surface area contributed by atoms with Crippen LogP contribution in [0.3, 0.4) is 0 Å². The average Bonchev–Trinajstić information content (AvgIpc) is 1.60. The lowest BCUT2D eigenvalue weighted by atomic mass is 9.83. The zero-order valence-corrected chi connectivity index (χ0v) is 10.1. The van der Waals surface area contributed by atoms with Crippen molar-refractivity contribution in [2.24, 2.45) is 11.3 Å². The minimum atomic E-state index is 0.302. The van der Waals surface area contributed by atoms with Crippen molar-refractivity contribution >= 4 is 10.5 Å². The second kappa shape index (κ2) is 3.53. The lowest BCUT2D eigenvalue weighted by molar-refractivity contribution is 0.0554. The Morgan fingerprint density at radius 3 is 1.60 bits per heavy atom. The summed E-state index contributed by atoms with van der Waals surface area (Å²) in [5.74, 6) is 0.637. The zero-order chi connectivity index (χ0) is 8.36. The van der Waals surface area contributed by atoms with E-state index in [1.165, 1.54) is 0 Å². The monoisotopic (exact) mass is 160 g/mol. The van der Waals surface area contributed by atoms with Crippen LogP contribution in [0, 0.1) is 11.3 Å². The predicted octanol–water partition coefficient (Wildman–Crippen LogP) is 1.35. The summed E-state index contributed by atoms with van der Waals surface area (Å²) in [5.41, 5.74) is 0.302. The highest BCUT2D eigenvalue weighted by molar-refractivity contribution is 5.98. The Hall–Kier alpha value is 0.177. The molecule has 0 N–H and O–H groups in total. The highest BCUT2D eigenvalue weighted by atomic mass is 28.2. The largest absolute Gasteiger partial charge is 0.424 e. The molecular formula is C8H20OSi. The second-order valence-corrected chi connectivity index (χ2v) is 4.74. The lowest BCUT2D eigenvalue weighted by Gasteiger charge is -2.33. The number of hydrogen-bond donors (Lipinski definition) is 0. The van der Waals surface area contributed by atoms with Crippen LogP contribution in [0.1, 0.15) is 34.6 Å².